The summed E-state index contributed by atoms with van der Waals surface area (Å²) in [6.07, 6.45) is 2.00. The van der Waals surface area contributed by atoms with E-state index in [0.717, 1.165) is 49.2 Å². The Labute approximate surface area is 240 Å². The van der Waals surface area contributed by atoms with E-state index >= 15 is 0 Å². The molecular formula is C31H37N7O3. The SMILES string of the molecule is COc1ccccc1CCCN1CCN(C(=O)c2cc3c(NCCNC(C)=O)nc(-c4ccccc4)nc3[nH]2)CC1. The minimum absolute atomic E-state index is 0.0397. The summed E-state index contributed by atoms with van der Waals surface area (Å²) in [5.74, 6) is 1.99. The van der Waals surface area contributed by atoms with Gasteiger partial charge in [-0.2, -0.15) is 0 Å². The lowest BCUT2D eigenvalue weighted by Crippen LogP contribution is -2.49. The number of ether oxygens (including phenoxy) is 1. The molecule has 3 N–H and O–H groups in total. The molecule has 1 aliphatic heterocycles. The van der Waals surface area contributed by atoms with Crippen molar-refractivity contribution in [3.63, 3.8) is 0 Å². The van der Waals surface area contributed by atoms with Crippen molar-refractivity contribution in [1.82, 2.24) is 30.1 Å². The number of carbonyl (C=O) groups is 2. The summed E-state index contributed by atoms with van der Waals surface area (Å²) < 4.78 is 5.47. The topological polar surface area (TPSA) is 115 Å². The predicted octanol–water partition coefficient (Wildman–Crippen LogP) is 3.57. The number of anilines is 1. The number of piperazine rings is 1. The normalized spacial score (nSPS) is 13.8. The lowest BCUT2D eigenvalue weighted by atomic mass is 10.1. The van der Waals surface area contributed by atoms with E-state index in [0.29, 0.717) is 49.2 Å². The van der Waals surface area contributed by atoms with Gasteiger partial charge in [0.05, 0.1) is 12.5 Å². The fourth-order valence-electron chi connectivity index (χ4n) is 5.14. The van der Waals surface area contributed by atoms with Crippen LogP contribution in [-0.4, -0.2) is 89.5 Å². The van der Waals surface area contributed by atoms with Crippen LogP contribution < -0.4 is 15.4 Å². The van der Waals surface area contributed by atoms with Gasteiger partial charge in [-0.1, -0.05) is 48.5 Å². The van der Waals surface area contributed by atoms with Gasteiger partial charge in [-0.05, 0) is 37.1 Å². The van der Waals surface area contributed by atoms with E-state index in [9.17, 15) is 9.59 Å². The molecule has 0 unspecified atom stereocenters. The maximum atomic E-state index is 13.5. The molecule has 41 heavy (non-hydrogen) atoms. The van der Waals surface area contributed by atoms with E-state index < -0.39 is 0 Å². The Morgan fingerprint density at radius 2 is 1.73 bits per heavy atom. The van der Waals surface area contributed by atoms with E-state index in [1.807, 2.05) is 59.5 Å². The highest BCUT2D eigenvalue weighted by Gasteiger charge is 2.24. The van der Waals surface area contributed by atoms with Gasteiger partial charge in [0.25, 0.3) is 5.91 Å². The molecule has 0 atom stereocenters. The van der Waals surface area contributed by atoms with Gasteiger partial charge in [0.2, 0.25) is 5.91 Å². The van der Waals surface area contributed by atoms with Crippen molar-refractivity contribution < 1.29 is 14.3 Å². The van der Waals surface area contributed by atoms with Crippen LogP contribution in [0.3, 0.4) is 0 Å². The van der Waals surface area contributed by atoms with Crippen LogP contribution in [0.15, 0.2) is 60.7 Å². The number of nitrogens with one attached hydrogen (secondary N) is 3. The zero-order chi connectivity index (χ0) is 28.6. The fraction of sp³-hybridized carbons (Fsp3) is 0.355. The van der Waals surface area contributed by atoms with Gasteiger partial charge in [0.15, 0.2) is 5.82 Å². The second-order valence-electron chi connectivity index (χ2n) is 10.2. The molecule has 0 saturated carbocycles. The molecular weight excluding hydrogens is 518 g/mol. The molecule has 1 aliphatic rings. The van der Waals surface area contributed by atoms with Crippen molar-refractivity contribution in [3.05, 3.63) is 71.9 Å². The number of aromatic amines is 1. The highest BCUT2D eigenvalue weighted by Crippen LogP contribution is 2.26. The summed E-state index contributed by atoms with van der Waals surface area (Å²) in [6.45, 7) is 6.45. The Bertz CT molecular complexity index is 1480. The van der Waals surface area contributed by atoms with Gasteiger partial charge in [-0.3, -0.25) is 14.5 Å². The molecule has 0 spiro atoms. The molecule has 10 heteroatoms. The molecule has 1 fully saturated rings. The molecule has 10 nitrogen and oxygen atoms in total. The number of rotatable bonds is 11. The second kappa shape index (κ2) is 13.3. The Balaban J connectivity index is 1.24. The molecule has 214 valence electrons. The lowest BCUT2D eigenvalue weighted by Gasteiger charge is -2.34. The average molecular weight is 556 g/mol. The van der Waals surface area contributed by atoms with Crippen molar-refractivity contribution in [2.75, 3.05) is 58.2 Å². The van der Waals surface area contributed by atoms with Crippen molar-refractivity contribution in [2.45, 2.75) is 19.8 Å². The van der Waals surface area contributed by atoms with Crippen LogP contribution in [0.25, 0.3) is 22.4 Å². The Kier molecular flexibility index (Phi) is 9.10. The highest BCUT2D eigenvalue weighted by atomic mass is 16.5. The first-order valence-corrected chi connectivity index (χ1v) is 14.1. The second-order valence-corrected chi connectivity index (χ2v) is 10.2. The molecule has 2 aromatic carbocycles. The molecule has 3 heterocycles. The summed E-state index contributed by atoms with van der Waals surface area (Å²) in [6, 6.07) is 19.7. The molecule has 2 amide bonds. The van der Waals surface area contributed by atoms with E-state index in [2.05, 4.69) is 26.6 Å². The van der Waals surface area contributed by atoms with Crippen LogP contribution in [0, 0.1) is 0 Å². The van der Waals surface area contributed by atoms with Crippen LogP contribution in [0.2, 0.25) is 0 Å². The van der Waals surface area contributed by atoms with Gasteiger partial charge < -0.3 is 25.3 Å². The van der Waals surface area contributed by atoms with Gasteiger partial charge in [0.1, 0.15) is 22.9 Å². The molecule has 5 rings (SSSR count). The minimum atomic E-state index is -0.0874. The monoisotopic (exact) mass is 555 g/mol. The third kappa shape index (κ3) is 7.01. The van der Waals surface area contributed by atoms with E-state index in [4.69, 9.17) is 14.7 Å². The van der Waals surface area contributed by atoms with Crippen LogP contribution in [0.4, 0.5) is 5.82 Å². The van der Waals surface area contributed by atoms with Gasteiger partial charge in [0, 0.05) is 51.8 Å². The number of hydrogen-bond donors (Lipinski definition) is 3. The summed E-state index contributed by atoms with van der Waals surface area (Å²) in [5, 5.41) is 6.83. The zero-order valence-electron chi connectivity index (χ0n) is 23.7. The number of amides is 2. The first-order chi connectivity index (χ1) is 20.0. The molecule has 0 bridgehead atoms. The molecule has 1 saturated heterocycles. The predicted molar refractivity (Wildman–Crippen MR) is 160 cm³/mol. The summed E-state index contributed by atoms with van der Waals surface area (Å²) >= 11 is 0. The minimum Gasteiger partial charge on any atom is -0.496 e. The largest absolute Gasteiger partial charge is 0.496 e. The number of nitrogens with zero attached hydrogens (tertiary/aromatic N) is 4. The lowest BCUT2D eigenvalue weighted by molar-refractivity contribution is -0.118. The standard InChI is InChI=1S/C31H37N7O3/c1-22(39)32-14-15-33-29-25-21-26(34-30(25)36-28(35-29)24-10-4-3-5-11-24)31(40)38-19-17-37(18-20-38)16-8-12-23-9-6-7-13-27(23)41-2/h3-7,9-11,13,21H,8,12,14-20H2,1-2H3,(H,32,39)(H2,33,34,35,36). The van der Waals surface area contributed by atoms with Crippen LogP contribution >= 0.6 is 0 Å². The van der Waals surface area contributed by atoms with Gasteiger partial charge >= 0.3 is 0 Å². The third-order valence-electron chi connectivity index (χ3n) is 7.31. The Hall–Kier alpha value is -4.44. The smallest absolute Gasteiger partial charge is 0.270 e. The fourth-order valence-corrected chi connectivity index (χ4v) is 5.14. The quantitative estimate of drug-likeness (QED) is 0.242. The Morgan fingerprint density at radius 3 is 2.49 bits per heavy atom. The van der Waals surface area contributed by atoms with Crippen molar-refractivity contribution in [3.8, 4) is 17.1 Å². The van der Waals surface area contributed by atoms with E-state index in [1.54, 1.807) is 7.11 Å². The number of methoxy groups -OCH3 is 1. The maximum Gasteiger partial charge on any atom is 0.270 e. The van der Waals surface area contributed by atoms with Crippen LogP contribution in [0.1, 0.15) is 29.4 Å². The zero-order valence-corrected chi connectivity index (χ0v) is 23.7. The van der Waals surface area contributed by atoms with E-state index in [1.165, 1.54) is 12.5 Å². The first kappa shape index (κ1) is 28.1. The third-order valence-corrected chi connectivity index (χ3v) is 7.31. The number of para-hydroxylation sites is 1. The molecule has 0 radical (unpaired) electrons. The van der Waals surface area contributed by atoms with Gasteiger partial charge in [-0.25, -0.2) is 9.97 Å². The molecule has 4 aromatic rings. The summed E-state index contributed by atoms with van der Waals surface area (Å²) in [4.78, 5) is 41.8. The molecule has 0 aliphatic carbocycles. The number of benzene rings is 2. The van der Waals surface area contributed by atoms with Gasteiger partial charge in [-0.15, -0.1) is 0 Å². The maximum absolute atomic E-state index is 13.5. The number of aromatic nitrogens is 3. The van der Waals surface area contributed by atoms with Crippen molar-refractivity contribution in [2.24, 2.45) is 0 Å². The summed E-state index contributed by atoms with van der Waals surface area (Å²) in [5.41, 5.74) is 3.20. The average Bonchev–Trinajstić information content (AvgIpc) is 3.44. The number of fused-ring (bicyclic) bond motifs is 1. The van der Waals surface area contributed by atoms with E-state index in [-0.39, 0.29) is 11.8 Å². The highest BCUT2D eigenvalue weighted by molar-refractivity contribution is 6.00. The van der Waals surface area contributed by atoms with Crippen LogP contribution in [0.5, 0.6) is 5.75 Å². The Morgan fingerprint density at radius 1 is 0.976 bits per heavy atom. The summed E-state index contributed by atoms with van der Waals surface area (Å²) in [7, 11) is 1.71. The first-order valence-electron chi connectivity index (χ1n) is 14.1. The number of carbonyl (C=O) groups excluding carboxylic acids is 2. The van der Waals surface area contributed by atoms with Crippen LogP contribution in [-0.2, 0) is 11.2 Å². The van der Waals surface area contributed by atoms with Crippen molar-refractivity contribution in [1.29, 1.82) is 0 Å². The number of aryl methyl sites for hydroxylation is 1. The van der Waals surface area contributed by atoms with Crippen molar-refractivity contribution >= 4 is 28.7 Å². The number of hydrogen-bond acceptors (Lipinski definition) is 7. The molecule has 2 aromatic heterocycles. The number of H-pyrrole nitrogens is 1.